The number of nitrogens with zero attached hydrogens (tertiary/aromatic N) is 3. The van der Waals surface area contributed by atoms with Gasteiger partial charge in [0.1, 0.15) is 11.6 Å². The fraction of sp³-hybridized carbons (Fsp3) is 0.560. The van der Waals surface area contributed by atoms with Crippen molar-refractivity contribution in [2.75, 3.05) is 25.5 Å². The van der Waals surface area contributed by atoms with E-state index in [1.165, 1.54) is 0 Å². The summed E-state index contributed by atoms with van der Waals surface area (Å²) in [6.07, 6.45) is 0. The Kier molecular flexibility index (Phi) is 7.75. The van der Waals surface area contributed by atoms with Gasteiger partial charge in [0.05, 0.1) is 25.0 Å². The van der Waals surface area contributed by atoms with Crippen molar-refractivity contribution in [3.63, 3.8) is 0 Å². The molecule has 32 heavy (non-hydrogen) atoms. The molecule has 2 rings (SSSR count). The topological polar surface area (TPSA) is 76.5 Å². The van der Waals surface area contributed by atoms with Crippen LogP contribution in [0, 0.1) is 11.3 Å². The molecule has 0 unspecified atom stereocenters. The van der Waals surface area contributed by atoms with Gasteiger partial charge in [-0.15, -0.1) is 0 Å². The number of carbonyl (C=O) groups is 2. The Labute approximate surface area is 192 Å². The van der Waals surface area contributed by atoms with Gasteiger partial charge in [-0.2, -0.15) is 5.10 Å². The summed E-state index contributed by atoms with van der Waals surface area (Å²) >= 11 is 0. The number of hydrogen-bond donors (Lipinski definition) is 1. The van der Waals surface area contributed by atoms with E-state index in [-0.39, 0.29) is 29.7 Å². The molecule has 0 aliphatic carbocycles. The van der Waals surface area contributed by atoms with Crippen molar-refractivity contribution in [1.82, 2.24) is 14.7 Å². The van der Waals surface area contributed by atoms with Gasteiger partial charge >= 0.3 is 0 Å². The Balaban J connectivity index is 2.33. The zero-order valence-corrected chi connectivity index (χ0v) is 20.9. The summed E-state index contributed by atoms with van der Waals surface area (Å²) in [5, 5.41) is 7.72. The lowest BCUT2D eigenvalue weighted by molar-refractivity contribution is -0.142. The van der Waals surface area contributed by atoms with Crippen molar-refractivity contribution in [3.8, 4) is 11.4 Å². The number of carbonyl (C=O) groups excluding carboxylic acids is 2. The Morgan fingerprint density at radius 3 is 2.16 bits per heavy atom. The molecule has 2 aromatic rings. The monoisotopic (exact) mass is 442 g/mol. The summed E-state index contributed by atoms with van der Waals surface area (Å²) < 4.78 is 6.97. The maximum absolute atomic E-state index is 13.0. The minimum atomic E-state index is -0.556. The van der Waals surface area contributed by atoms with E-state index in [1.54, 1.807) is 16.7 Å². The van der Waals surface area contributed by atoms with Gasteiger partial charge < -0.3 is 15.0 Å². The lowest BCUT2D eigenvalue weighted by atomic mass is 9.92. The second kappa shape index (κ2) is 9.76. The zero-order valence-electron chi connectivity index (χ0n) is 20.9. The van der Waals surface area contributed by atoms with E-state index in [9.17, 15) is 9.59 Å². The maximum atomic E-state index is 13.0. The van der Waals surface area contributed by atoms with Crippen LogP contribution in [0.2, 0.25) is 0 Å². The lowest BCUT2D eigenvalue weighted by Crippen LogP contribution is -2.45. The summed E-state index contributed by atoms with van der Waals surface area (Å²) in [4.78, 5) is 27.5. The van der Waals surface area contributed by atoms with E-state index in [0.717, 1.165) is 17.1 Å². The molecule has 1 aromatic carbocycles. The van der Waals surface area contributed by atoms with Crippen LogP contribution in [0.1, 0.15) is 61.1 Å². The zero-order chi connectivity index (χ0) is 24.3. The van der Waals surface area contributed by atoms with Gasteiger partial charge in [0, 0.05) is 23.4 Å². The summed E-state index contributed by atoms with van der Waals surface area (Å²) in [5.41, 5.74) is 0.914. The molecule has 1 aromatic heterocycles. The smallest absolute Gasteiger partial charge is 0.245 e. The van der Waals surface area contributed by atoms with Crippen LogP contribution in [0.3, 0.4) is 0 Å². The quantitative estimate of drug-likeness (QED) is 0.677. The van der Waals surface area contributed by atoms with Crippen LogP contribution in [0.4, 0.5) is 5.82 Å². The molecule has 0 spiro atoms. The van der Waals surface area contributed by atoms with Crippen molar-refractivity contribution in [2.24, 2.45) is 11.3 Å². The predicted molar refractivity (Wildman–Crippen MR) is 128 cm³/mol. The average Bonchev–Trinajstić information content (AvgIpc) is 3.10. The molecule has 7 heteroatoms. The van der Waals surface area contributed by atoms with Gasteiger partial charge in [0.25, 0.3) is 0 Å². The van der Waals surface area contributed by atoms with E-state index in [0.29, 0.717) is 12.4 Å². The molecule has 0 fully saturated rings. The Morgan fingerprint density at radius 1 is 1.09 bits per heavy atom. The number of benzene rings is 1. The molecule has 176 valence electrons. The van der Waals surface area contributed by atoms with Crippen LogP contribution in [-0.4, -0.2) is 46.7 Å². The Morgan fingerprint density at radius 2 is 1.69 bits per heavy atom. The fourth-order valence-electron chi connectivity index (χ4n) is 3.25. The van der Waals surface area contributed by atoms with Crippen molar-refractivity contribution >= 4 is 17.6 Å². The van der Waals surface area contributed by atoms with E-state index in [4.69, 9.17) is 9.84 Å². The highest BCUT2D eigenvalue weighted by Crippen LogP contribution is 2.27. The summed E-state index contributed by atoms with van der Waals surface area (Å²) in [7, 11) is 1.62. The van der Waals surface area contributed by atoms with Crippen molar-refractivity contribution in [3.05, 3.63) is 36.0 Å². The second-order valence-electron chi connectivity index (χ2n) is 10.7. The van der Waals surface area contributed by atoms with E-state index in [1.807, 2.05) is 65.0 Å². The van der Waals surface area contributed by atoms with Crippen LogP contribution in [0.25, 0.3) is 5.69 Å². The minimum Gasteiger partial charge on any atom is -0.497 e. The molecule has 0 aliphatic heterocycles. The van der Waals surface area contributed by atoms with Gasteiger partial charge in [-0.25, -0.2) is 4.68 Å². The Hall–Kier alpha value is -2.83. The van der Waals surface area contributed by atoms with Gasteiger partial charge in [0.15, 0.2) is 0 Å². The Bertz CT molecular complexity index is 932. The van der Waals surface area contributed by atoms with Gasteiger partial charge in [-0.05, 0) is 30.2 Å². The maximum Gasteiger partial charge on any atom is 0.245 e. The first kappa shape index (κ1) is 25.4. The van der Waals surface area contributed by atoms with Crippen LogP contribution in [0.15, 0.2) is 30.3 Å². The molecule has 7 nitrogen and oxygen atoms in total. The predicted octanol–water partition coefficient (Wildman–Crippen LogP) is 4.65. The molecule has 1 heterocycles. The largest absolute Gasteiger partial charge is 0.497 e. The molecule has 0 radical (unpaired) electrons. The number of hydrogen-bond acceptors (Lipinski definition) is 4. The number of nitrogens with one attached hydrogen (secondary N) is 1. The third-order valence-corrected chi connectivity index (χ3v) is 4.91. The summed E-state index contributed by atoms with van der Waals surface area (Å²) in [6.45, 7) is 16.4. The summed E-state index contributed by atoms with van der Waals surface area (Å²) in [6, 6.07) is 9.38. The van der Waals surface area contributed by atoms with Gasteiger partial charge in [-0.3, -0.25) is 9.59 Å². The van der Waals surface area contributed by atoms with Crippen LogP contribution in [0.5, 0.6) is 5.75 Å². The number of rotatable bonds is 7. The number of amides is 2. The first-order chi connectivity index (χ1) is 14.7. The van der Waals surface area contributed by atoms with E-state index >= 15 is 0 Å². The second-order valence-corrected chi connectivity index (χ2v) is 10.7. The minimum absolute atomic E-state index is 0.00702. The number of anilines is 1. The highest BCUT2D eigenvalue weighted by atomic mass is 16.5. The molecule has 0 atom stereocenters. The molecule has 1 N–H and O–H groups in total. The lowest BCUT2D eigenvalue weighted by Gasteiger charge is -2.30. The van der Waals surface area contributed by atoms with Crippen LogP contribution >= 0.6 is 0 Å². The standard InChI is InChI=1S/C25H38N4O3/c1-17(2)15-28(23(31)25(6,7)8)16-22(30)26-21-14-20(24(3,4)5)27-29(21)18-10-12-19(32-9)13-11-18/h10-14,17H,15-16H2,1-9H3,(H,26,30). The van der Waals surface area contributed by atoms with E-state index in [2.05, 4.69) is 26.1 Å². The first-order valence-corrected chi connectivity index (χ1v) is 11.1. The third-order valence-electron chi connectivity index (χ3n) is 4.91. The molecular formula is C25H38N4O3. The first-order valence-electron chi connectivity index (χ1n) is 11.1. The highest BCUT2D eigenvalue weighted by molar-refractivity contribution is 5.95. The van der Waals surface area contributed by atoms with E-state index < -0.39 is 5.41 Å². The molecular weight excluding hydrogens is 404 g/mol. The fourth-order valence-corrected chi connectivity index (χ4v) is 3.25. The average molecular weight is 443 g/mol. The molecule has 2 amide bonds. The van der Waals surface area contributed by atoms with Crippen molar-refractivity contribution < 1.29 is 14.3 Å². The number of methoxy groups -OCH3 is 1. The third kappa shape index (κ3) is 6.58. The molecule has 0 bridgehead atoms. The van der Waals surface area contributed by atoms with Crippen molar-refractivity contribution in [1.29, 1.82) is 0 Å². The molecule has 0 saturated carbocycles. The molecule has 0 aliphatic rings. The number of ether oxygens (including phenoxy) is 1. The SMILES string of the molecule is COc1ccc(-n2nc(C(C)(C)C)cc2NC(=O)CN(CC(C)C)C(=O)C(C)(C)C)cc1. The van der Waals surface area contributed by atoms with Crippen molar-refractivity contribution in [2.45, 2.75) is 60.8 Å². The van der Waals surface area contributed by atoms with Gasteiger partial charge in [-0.1, -0.05) is 55.4 Å². The van der Waals surface area contributed by atoms with Crippen LogP contribution in [-0.2, 0) is 15.0 Å². The summed E-state index contributed by atoms with van der Waals surface area (Å²) in [5.74, 6) is 1.27. The highest BCUT2D eigenvalue weighted by Gasteiger charge is 2.29. The number of aromatic nitrogens is 2. The molecule has 0 saturated heterocycles. The normalized spacial score (nSPS) is 12.1. The van der Waals surface area contributed by atoms with Crippen LogP contribution < -0.4 is 10.1 Å². The van der Waals surface area contributed by atoms with Gasteiger partial charge in [0.2, 0.25) is 11.8 Å².